The second-order valence-electron chi connectivity index (χ2n) is 4.56. The summed E-state index contributed by atoms with van der Waals surface area (Å²) in [4.78, 5) is 0. The van der Waals surface area contributed by atoms with Crippen molar-refractivity contribution in [2.75, 3.05) is 11.1 Å². The number of aromatic nitrogens is 2. The zero-order chi connectivity index (χ0) is 15.3. The normalized spacial score (nSPS) is 11.3. The Hall–Kier alpha value is -2.02. The Kier molecular flexibility index (Phi) is 4.85. The molecule has 1 N–H and O–H groups in total. The summed E-state index contributed by atoms with van der Waals surface area (Å²) in [5.41, 5.74) is 0.890. The second-order valence-corrected chi connectivity index (χ2v) is 6.61. The lowest BCUT2D eigenvalue weighted by Crippen LogP contribution is -2.10. The summed E-state index contributed by atoms with van der Waals surface area (Å²) >= 11 is 0. The SMILES string of the molecule is CCCS(=O)(=O)c1ccc(NCc2ccc(F)cc2)nn1. The van der Waals surface area contributed by atoms with Gasteiger partial charge >= 0.3 is 0 Å². The highest BCUT2D eigenvalue weighted by atomic mass is 32.2. The highest BCUT2D eigenvalue weighted by molar-refractivity contribution is 7.91. The highest BCUT2D eigenvalue weighted by Gasteiger charge is 2.15. The van der Waals surface area contributed by atoms with Crippen molar-refractivity contribution in [1.82, 2.24) is 10.2 Å². The summed E-state index contributed by atoms with van der Waals surface area (Å²) in [5.74, 6) is 0.239. The number of nitrogens with one attached hydrogen (secondary N) is 1. The van der Waals surface area contributed by atoms with E-state index >= 15 is 0 Å². The fourth-order valence-corrected chi connectivity index (χ4v) is 2.94. The molecule has 0 saturated heterocycles. The minimum atomic E-state index is -3.34. The van der Waals surface area contributed by atoms with Gasteiger partial charge in [0.05, 0.1) is 5.75 Å². The summed E-state index contributed by atoms with van der Waals surface area (Å²) in [6.07, 6.45) is 0.536. The van der Waals surface area contributed by atoms with Crippen LogP contribution in [0.25, 0.3) is 0 Å². The van der Waals surface area contributed by atoms with E-state index in [1.165, 1.54) is 18.2 Å². The Bertz CT molecular complexity index is 685. The summed E-state index contributed by atoms with van der Waals surface area (Å²) in [7, 11) is -3.34. The van der Waals surface area contributed by atoms with Crippen molar-refractivity contribution >= 4 is 15.7 Å². The summed E-state index contributed by atoms with van der Waals surface area (Å²) < 4.78 is 36.4. The lowest BCUT2D eigenvalue weighted by atomic mass is 10.2. The minimum Gasteiger partial charge on any atom is -0.365 e. The first-order chi connectivity index (χ1) is 10.0. The monoisotopic (exact) mass is 309 g/mol. The maximum atomic E-state index is 12.8. The number of hydrogen-bond acceptors (Lipinski definition) is 5. The quantitative estimate of drug-likeness (QED) is 0.887. The molecule has 5 nitrogen and oxygen atoms in total. The van der Waals surface area contributed by atoms with Crippen LogP contribution in [-0.4, -0.2) is 24.4 Å². The van der Waals surface area contributed by atoms with Gasteiger partial charge < -0.3 is 5.32 Å². The van der Waals surface area contributed by atoms with Crippen LogP contribution in [0.2, 0.25) is 0 Å². The first-order valence-corrected chi connectivity index (χ1v) is 8.21. The molecule has 2 rings (SSSR count). The van der Waals surface area contributed by atoms with Crippen molar-refractivity contribution in [3.63, 3.8) is 0 Å². The molecule has 0 aliphatic carbocycles. The van der Waals surface area contributed by atoms with Gasteiger partial charge in [0.1, 0.15) is 11.6 Å². The lowest BCUT2D eigenvalue weighted by molar-refractivity contribution is 0.589. The van der Waals surface area contributed by atoms with Gasteiger partial charge in [0.25, 0.3) is 0 Å². The first-order valence-electron chi connectivity index (χ1n) is 6.56. The molecular weight excluding hydrogens is 293 g/mol. The van der Waals surface area contributed by atoms with Crippen LogP contribution >= 0.6 is 0 Å². The maximum Gasteiger partial charge on any atom is 0.197 e. The number of halogens is 1. The van der Waals surface area contributed by atoms with Gasteiger partial charge in [-0.1, -0.05) is 19.1 Å². The van der Waals surface area contributed by atoms with E-state index in [9.17, 15) is 12.8 Å². The molecule has 1 aromatic heterocycles. The number of benzene rings is 1. The van der Waals surface area contributed by atoms with Gasteiger partial charge in [-0.3, -0.25) is 0 Å². The van der Waals surface area contributed by atoms with E-state index in [1.807, 2.05) is 0 Å². The van der Waals surface area contributed by atoms with Gasteiger partial charge in [0.15, 0.2) is 14.9 Å². The van der Waals surface area contributed by atoms with Crippen molar-refractivity contribution in [3.05, 3.63) is 47.8 Å². The van der Waals surface area contributed by atoms with E-state index in [0.29, 0.717) is 18.8 Å². The van der Waals surface area contributed by atoms with Crippen molar-refractivity contribution < 1.29 is 12.8 Å². The van der Waals surface area contributed by atoms with Gasteiger partial charge in [-0.15, -0.1) is 10.2 Å². The summed E-state index contributed by atoms with van der Waals surface area (Å²) in [5, 5.41) is 10.6. The third-order valence-electron chi connectivity index (χ3n) is 2.82. The molecule has 0 spiro atoms. The van der Waals surface area contributed by atoms with Crippen molar-refractivity contribution in [2.24, 2.45) is 0 Å². The third-order valence-corrected chi connectivity index (χ3v) is 4.62. The molecule has 1 aromatic carbocycles. The van der Waals surface area contributed by atoms with Crippen LogP contribution in [0.5, 0.6) is 0 Å². The second kappa shape index (κ2) is 6.62. The predicted molar refractivity (Wildman–Crippen MR) is 78.1 cm³/mol. The van der Waals surface area contributed by atoms with Crippen LogP contribution in [0.3, 0.4) is 0 Å². The molecule has 7 heteroatoms. The lowest BCUT2D eigenvalue weighted by Gasteiger charge is -2.06. The van der Waals surface area contributed by atoms with Crippen LogP contribution in [0.4, 0.5) is 10.2 Å². The van der Waals surface area contributed by atoms with Crippen molar-refractivity contribution in [2.45, 2.75) is 24.9 Å². The molecule has 0 amide bonds. The largest absolute Gasteiger partial charge is 0.365 e. The van der Waals surface area contributed by atoms with E-state index in [4.69, 9.17) is 0 Å². The predicted octanol–water partition coefficient (Wildman–Crippen LogP) is 2.41. The standard InChI is InChI=1S/C14H16FN3O2S/c1-2-9-21(19,20)14-8-7-13(17-18-14)16-10-11-3-5-12(15)6-4-11/h3-8H,2,9-10H2,1H3,(H,16,17). The van der Waals surface area contributed by atoms with Crippen LogP contribution < -0.4 is 5.32 Å². The molecule has 0 fully saturated rings. The number of nitrogens with zero attached hydrogens (tertiary/aromatic N) is 2. The van der Waals surface area contributed by atoms with Crippen molar-refractivity contribution in [3.8, 4) is 0 Å². The molecule has 0 aliphatic heterocycles. The molecule has 2 aromatic rings. The number of hydrogen-bond donors (Lipinski definition) is 1. The molecule has 0 aliphatic rings. The van der Waals surface area contributed by atoms with E-state index < -0.39 is 9.84 Å². The number of sulfone groups is 1. The third kappa shape index (κ3) is 4.22. The first kappa shape index (κ1) is 15.4. The van der Waals surface area contributed by atoms with Crippen LogP contribution in [0, 0.1) is 5.82 Å². The Morgan fingerprint density at radius 1 is 1.10 bits per heavy atom. The fourth-order valence-electron chi connectivity index (χ4n) is 1.75. The number of anilines is 1. The average Bonchev–Trinajstić information content (AvgIpc) is 2.47. The molecule has 112 valence electrons. The summed E-state index contributed by atoms with van der Waals surface area (Å²) in [6, 6.07) is 9.09. The maximum absolute atomic E-state index is 12.8. The molecule has 0 unspecified atom stereocenters. The molecule has 0 saturated carbocycles. The van der Waals surface area contributed by atoms with E-state index in [-0.39, 0.29) is 16.6 Å². The van der Waals surface area contributed by atoms with Gasteiger partial charge in [-0.2, -0.15) is 0 Å². The van der Waals surface area contributed by atoms with Crippen molar-refractivity contribution in [1.29, 1.82) is 0 Å². The number of rotatable bonds is 6. The van der Waals surface area contributed by atoms with Crippen LogP contribution in [-0.2, 0) is 16.4 Å². The van der Waals surface area contributed by atoms with Gasteiger partial charge in [-0.25, -0.2) is 12.8 Å². The van der Waals surface area contributed by atoms with Gasteiger partial charge in [0, 0.05) is 6.54 Å². The molecule has 21 heavy (non-hydrogen) atoms. The van der Waals surface area contributed by atoms with Crippen LogP contribution in [0.15, 0.2) is 41.4 Å². The molecular formula is C14H16FN3O2S. The van der Waals surface area contributed by atoms with E-state index in [1.54, 1.807) is 25.1 Å². The van der Waals surface area contributed by atoms with Gasteiger partial charge in [-0.05, 0) is 36.2 Å². The molecule has 0 bridgehead atoms. The average molecular weight is 309 g/mol. The Balaban J connectivity index is 2.01. The highest BCUT2D eigenvalue weighted by Crippen LogP contribution is 2.11. The zero-order valence-corrected chi connectivity index (χ0v) is 12.4. The fraction of sp³-hybridized carbons (Fsp3) is 0.286. The van der Waals surface area contributed by atoms with E-state index in [0.717, 1.165) is 5.56 Å². The summed E-state index contributed by atoms with van der Waals surface area (Å²) in [6.45, 7) is 2.25. The van der Waals surface area contributed by atoms with Gasteiger partial charge in [0.2, 0.25) is 0 Å². The topological polar surface area (TPSA) is 72.0 Å². The van der Waals surface area contributed by atoms with Crippen LogP contribution in [0.1, 0.15) is 18.9 Å². The smallest absolute Gasteiger partial charge is 0.197 e. The van der Waals surface area contributed by atoms with E-state index in [2.05, 4.69) is 15.5 Å². The Labute approximate surface area is 123 Å². The molecule has 0 atom stereocenters. The molecule has 0 radical (unpaired) electrons. The molecule has 1 heterocycles. The Morgan fingerprint density at radius 3 is 2.38 bits per heavy atom. The minimum absolute atomic E-state index is 0.0170. The Morgan fingerprint density at radius 2 is 1.81 bits per heavy atom. The zero-order valence-electron chi connectivity index (χ0n) is 11.6.